The molecule has 2 heterocycles. The van der Waals surface area contributed by atoms with Crippen molar-refractivity contribution in [2.24, 2.45) is 0 Å². The highest BCUT2D eigenvalue weighted by Gasteiger charge is 2.33. The maximum Gasteiger partial charge on any atom is 0.416 e. The number of carbonyl (C=O) groups is 1. The van der Waals surface area contributed by atoms with Crippen LogP contribution in [0.15, 0.2) is 36.4 Å². The molecule has 0 fully saturated rings. The molecule has 1 aliphatic heterocycles. The lowest BCUT2D eigenvalue weighted by atomic mass is 10.0. The number of pyridine rings is 1. The van der Waals surface area contributed by atoms with Gasteiger partial charge in [0.15, 0.2) is 0 Å². The molecule has 0 spiro atoms. The summed E-state index contributed by atoms with van der Waals surface area (Å²) in [4.78, 5) is 16.5. The predicted molar refractivity (Wildman–Crippen MR) is 90.1 cm³/mol. The summed E-state index contributed by atoms with van der Waals surface area (Å²) >= 11 is 0. The van der Waals surface area contributed by atoms with Crippen molar-refractivity contribution in [2.75, 3.05) is 19.0 Å². The highest BCUT2D eigenvalue weighted by Crippen LogP contribution is 2.32. The molecule has 1 aliphatic rings. The molecule has 1 atom stereocenters. The number of ether oxygens (including phenoxy) is 1. The standard InChI is InChI=1S/C18H18F3N3O2/c1-26-15-7-6-12-10-14(23-16(12)24-15)17(25)22-9-8-11-4-2-3-5-13(11)18(19,20)21/h2-7,14H,8-10H2,1H3,(H,22,25)(H,23,24). The van der Waals surface area contributed by atoms with Gasteiger partial charge in [-0.15, -0.1) is 0 Å². The van der Waals surface area contributed by atoms with Gasteiger partial charge in [0.25, 0.3) is 0 Å². The smallest absolute Gasteiger partial charge is 0.416 e. The number of benzene rings is 1. The van der Waals surface area contributed by atoms with Crippen molar-refractivity contribution >= 4 is 11.7 Å². The number of amides is 1. The molecule has 1 aromatic carbocycles. The van der Waals surface area contributed by atoms with Gasteiger partial charge in [-0.1, -0.05) is 18.2 Å². The zero-order chi connectivity index (χ0) is 18.7. The first kappa shape index (κ1) is 18.0. The Balaban J connectivity index is 1.56. The topological polar surface area (TPSA) is 63.2 Å². The van der Waals surface area contributed by atoms with E-state index in [0.29, 0.717) is 18.1 Å². The number of anilines is 1. The second-order valence-corrected chi connectivity index (χ2v) is 5.96. The summed E-state index contributed by atoms with van der Waals surface area (Å²) in [5, 5.41) is 5.70. The Kier molecular flexibility index (Phi) is 5.01. The number of hydrogen-bond acceptors (Lipinski definition) is 4. The van der Waals surface area contributed by atoms with Crippen LogP contribution in [0.5, 0.6) is 5.88 Å². The molecule has 26 heavy (non-hydrogen) atoms. The minimum Gasteiger partial charge on any atom is -0.481 e. The van der Waals surface area contributed by atoms with Crippen LogP contribution in [0.1, 0.15) is 16.7 Å². The molecule has 0 saturated heterocycles. The van der Waals surface area contributed by atoms with Gasteiger partial charge in [0.05, 0.1) is 12.7 Å². The van der Waals surface area contributed by atoms with E-state index in [0.717, 1.165) is 11.6 Å². The van der Waals surface area contributed by atoms with Crippen molar-refractivity contribution in [1.29, 1.82) is 0 Å². The quantitative estimate of drug-likeness (QED) is 0.855. The third-order valence-corrected chi connectivity index (χ3v) is 4.23. The molecule has 1 amide bonds. The molecule has 0 bridgehead atoms. The van der Waals surface area contributed by atoms with Crippen molar-refractivity contribution in [2.45, 2.75) is 25.1 Å². The van der Waals surface area contributed by atoms with Crippen LogP contribution in [0.4, 0.5) is 19.0 Å². The molecule has 138 valence electrons. The summed E-state index contributed by atoms with van der Waals surface area (Å²) in [7, 11) is 1.51. The number of methoxy groups -OCH3 is 1. The van der Waals surface area contributed by atoms with E-state index in [4.69, 9.17) is 4.74 Å². The monoisotopic (exact) mass is 365 g/mol. The minimum absolute atomic E-state index is 0.104. The molecule has 0 radical (unpaired) electrons. The SMILES string of the molecule is COc1ccc2c(n1)NC(C(=O)NCCc1ccccc1C(F)(F)F)C2. The lowest BCUT2D eigenvalue weighted by Crippen LogP contribution is -2.39. The van der Waals surface area contributed by atoms with E-state index >= 15 is 0 Å². The molecule has 3 rings (SSSR count). The Bertz CT molecular complexity index is 809. The zero-order valence-corrected chi connectivity index (χ0v) is 14.1. The number of halogens is 3. The number of fused-ring (bicyclic) bond motifs is 1. The van der Waals surface area contributed by atoms with Gasteiger partial charge in [0.2, 0.25) is 11.8 Å². The highest BCUT2D eigenvalue weighted by atomic mass is 19.4. The van der Waals surface area contributed by atoms with Gasteiger partial charge >= 0.3 is 6.18 Å². The number of hydrogen-bond donors (Lipinski definition) is 2. The molecule has 1 unspecified atom stereocenters. The van der Waals surface area contributed by atoms with Crippen LogP contribution >= 0.6 is 0 Å². The third-order valence-electron chi connectivity index (χ3n) is 4.23. The van der Waals surface area contributed by atoms with Crippen molar-refractivity contribution in [3.05, 3.63) is 53.1 Å². The Morgan fingerprint density at radius 1 is 1.31 bits per heavy atom. The van der Waals surface area contributed by atoms with E-state index in [2.05, 4.69) is 15.6 Å². The fraction of sp³-hybridized carbons (Fsp3) is 0.333. The minimum atomic E-state index is -4.40. The zero-order valence-electron chi connectivity index (χ0n) is 14.1. The van der Waals surface area contributed by atoms with E-state index in [9.17, 15) is 18.0 Å². The lowest BCUT2D eigenvalue weighted by Gasteiger charge is -2.14. The summed E-state index contributed by atoms with van der Waals surface area (Å²) in [5.74, 6) is 0.763. The number of nitrogens with one attached hydrogen (secondary N) is 2. The Labute approximate surface area is 148 Å². The van der Waals surface area contributed by atoms with Crippen LogP contribution in [0.2, 0.25) is 0 Å². The maximum absolute atomic E-state index is 13.0. The van der Waals surface area contributed by atoms with Gasteiger partial charge in [-0.05, 0) is 29.7 Å². The van der Waals surface area contributed by atoms with Crippen molar-refractivity contribution in [1.82, 2.24) is 10.3 Å². The van der Waals surface area contributed by atoms with Gasteiger partial charge in [-0.3, -0.25) is 4.79 Å². The first-order chi connectivity index (χ1) is 12.4. The van der Waals surface area contributed by atoms with E-state index in [1.807, 2.05) is 6.07 Å². The van der Waals surface area contributed by atoms with Crippen LogP contribution in [0.25, 0.3) is 0 Å². The fourth-order valence-electron chi connectivity index (χ4n) is 2.93. The van der Waals surface area contributed by atoms with Crippen LogP contribution < -0.4 is 15.4 Å². The van der Waals surface area contributed by atoms with E-state index in [1.165, 1.54) is 19.2 Å². The summed E-state index contributed by atoms with van der Waals surface area (Å²) in [6, 6.07) is 8.44. The molecule has 1 aromatic heterocycles. The van der Waals surface area contributed by atoms with Gasteiger partial charge < -0.3 is 15.4 Å². The largest absolute Gasteiger partial charge is 0.481 e. The summed E-state index contributed by atoms with van der Waals surface area (Å²) < 4.78 is 44.0. The first-order valence-corrected chi connectivity index (χ1v) is 8.11. The average Bonchev–Trinajstić information content (AvgIpc) is 3.04. The van der Waals surface area contributed by atoms with Gasteiger partial charge in [0, 0.05) is 19.0 Å². The van der Waals surface area contributed by atoms with E-state index in [1.54, 1.807) is 12.1 Å². The average molecular weight is 365 g/mol. The lowest BCUT2D eigenvalue weighted by molar-refractivity contribution is -0.138. The highest BCUT2D eigenvalue weighted by molar-refractivity contribution is 5.86. The number of carbonyl (C=O) groups excluding carboxylic acids is 1. The number of aromatic nitrogens is 1. The van der Waals surface area contributed by atoms with Crippen molar-refractivity contribution in [3.8, 4) is 5.88 Å². The number of alkyl halides is 3. The van der Waals surface area contributed by atoms with Crippen LogP contribution in [-0.4, -0.2) is 30.6 Å². The summed E-state index contributed by atoms with van der Waals surface area (Å²) in [6.07, 6.45) is -3.83. The van der Waals surface area contributed by atoms with Crippen molar-refractivity contribution < 1.29 is 22.7 Å². The first-order valence-electron chi connectivity index (χ1n) is 8.11. The predicted octanol–water partition coefficient (Wildman–Crippen LogP) is 2.80. The molecule has 0 saturated carbocycles. The van der Waals surface area contributed by atoms with Crippen LogP contribution in [0.3, 0.4) is 0 Å². The second kappa shape index (κ2) is 7.23. The number of rotatable bonds is 5. The molecule has 8 heteroatoms. The summed E-state index contributed by atoms with van der Waals surface area (Å²) in [6.45, 7) is 0.122. The Hall–Kier alpha value is -2.77. The number of nitrogens with zero attached hydrogens (tertiary/aromatic N) is 1. The second-order valence-electron chi connectivity index (χ2n) is 5.96. The third kappa shape index (κ3) is 3.89. The Morgan fingerprint density at radius 3 is 2.81 bits per heavy atom. The molecule has 0 aliphatic carbocycles. The van der Waals surface area contributed by atoms with E-state index in [-0.39, 0.29) is 24.4 Å². The van der Waals surface area contributed by atoms with Crippen molar-refractivity contribution in [3.63, 3.8) is 0 Å². The Morgan fingerprint density at radius 2 is 2.08 bits per heavy atom. The molecule has 5 nitrogen and oxygen atoms in total. The molecule has 2 N–H and O–H groups in total. The fourth-order valence-corrected chi connectivity index (χ4v) is 2.93. The van der Waals surface area contributed by atoms with Crippen LogP contribution in [-0.2, 0) is 23.8 Å². The van der Waals surface area contributed by atoms with Gasteiger partial charge in [0.1, 0.15) is 11.9 Å². The van der Waals surface area contributed by atoms with E-state index < -0.39 is 17.8 Å². The molecule has 2 aromatic rings. The van der Waals surface area contributed by atoms with Gasteiger partial charge in [-0.2, -0.15) is 18.2 Å². The van der Waals surface area contributed by atoms with Gasteiger partial charge in [-0.25, -0.2) is 0 Å². The molecular weight excluding hydrogens is 347 g/mol. The van der Waals surface area contributed by atoms with Crippen LogP contribution in [0, 0.1) is 0 Å². The molecular formula is C18H18F3N3O2. The summed E-state index contributed by atoms with van der Waals surface area (Å²) in [5.41, 5.74) is 0.389. The maximum atomic E-state index is 13.0. The normalized spacial score (nSPS) is 15.9.